The minimum absolute atomic E-state index is 0.102. The summed E-state index contributed by atoms with van der Waals surface area (Å²) in [6.45, 7) is 1.63. The van der Waals surface area contributed by atoms with Crippen molar-refractivity contribution in [2.45, 2.75) is 11.8 Å². The number of rotatable bonds is 2. The average molecular weight is 210 g/mol. The zero-order valence-electron chi connectivity index (χ0n) is 7.69. The molecule has 1 N–H and O–H groups in total. The van der Waals surface area contributed by atoms with Gasteiger partial charge in [-0.15, -0.1) is 0 Å². The van der Waals surface area contributed by atoms with E-state index in [0.29, 0.717) is 10.4 Å². The van der Waals surface area contributed by atoms with Crippen LogP contribution in [0, 0.1) is 0 Å². The Kier molecular flexibility index (Phi) is 2.03. The van der Waals surface area contributed by atoms with E-state index < -0.39 is 9.84 Å². The minimum Gasteiger partial charge on any atom is -0.276 e. The topological polar surface area (TPSA) is 62.8 Å². The molecule has 0 aliphatic heterocycles. The molecule has 0 aliphatic carbocycles. The van der Waals surface area contributed by atoms with Crippen LogP contribution in [0.4, 0.5) is 0 Å². The maximum absolute atomic E-state index is 11.7. The van der Waals surface area contributed by atoms with Crippen molar-refractivity contribution >= 4 is 20.7 Å². The first-order valence-corrected chi connectivity index (χ1v) is 5.95. The van der Waals surface area contributed by atoms with Gasteiger partial charge in [-0.05, 0) is 6.07 Å². The Morgan fingerprint density at radius 3 is 2.93 bits per heavy atom. The number of hydrogen-bond acceptors (Lipinski definition) is 3. The molecule has 4 nitrogen and oxygen atoms in total. The van der Waals surface area contributed by atoms with Crippen LogP contribution in [0.1, 0.15) is 6.92 Å². The Labute approximate surface area is 81.9 Å². The molecule has 0 spiro atoms. The average Bonchev–Trinajstić information content (AvgIpc) is 2.64. The third kappa shape index (κ3) is 1.29. The molecule has 0 amide bonds. The van der Waals surface area contributed by atoms with Gasteiger partial charge in [0.2, 0.25) is 0 Å². The van der Waals surface area contributed by atoms with Crippen LogP contribution in [0.3, 0.4) is 0 Å². The van der Waals surface area contributed by atoms with Gasteiger partial charge in [-0.2, -0.15) is 5.10 Å². The first kappa shape index (κ1) is 9.21. The quantitative estimate of drug-likeness (QED) is 0.814. The van der Waals surface area contributed by atoms with E-state index in [1.807, 2.05) is 6.07 Å². The highest BCUT2D eigenvalue weighted by atomic mass is 32.2. The van der Waals surface area contributed by atoms with E-state index >= 15 is 0 Å². The number of benzene rings is 1. The summed E-state index contributed by atoms with van der Waals surface area (Å²) < 4.78 is 23.3. The van der Waals surface area contributed by atoms with Crippen LogP contribution in [-0.2, 0) is 9.84 Å². The SMILES string of the molecule is CCS(=O)(=O)c1cccc2cn[nH]c12. The highest BCUT2D eigenvalue weighted by molar-refractivity contribution is 7.91. The molecular formula is C9H10N2O2S. The fourth-order valence-electron chi connectivity index (χ4n) is 1.36. The van der Waals surface area contributed by atoms with E-state index in [9.17, 15) is 8.42 Å². The lowest BCUT2D eigenvalue weighted by Gasteiger charge is -2.01. The normalized spacial score (nSPS) is 12.1. The summed E-state index contributed by atoms with van der Waals surface area (Å²) in [7, 11) is -3.17. The van der Waals surface area contributed by atoms with E-state index in [4.69, 9.17) is 0 Å². The zero-order chi connectivity index (χ0) is 10.2. The summed E-state index contributed by atoms with van der Waals surface area (Å²) in [4.78, 5) is 0.329. The molecule has 5 heteroatoms. The molecular weight excluding hydrogens is 200 g/mol. The Bertz CT molecular complexity index is 557. The predicted molar refractivity (Wildman–Crippen MR) is 53.8 cm³/mol. The lowest BCUT2D eigenvalue weighted by Crippen LogP contribution is -2.04. The molecule has 14 heavy (non-hydrogen) atoms. The number of nitrogens with zero attached hydrogens (tertiary/aromatic N) is 1. The van der Waals surface area contributed by atoms with Gasteiger partial charge < -0.3 is 0 Å². The van der Waals surface area contributed by atoms with Gasteiger partial charge in [-0.25, -0.2) is 8.42 Å². The van der Waals surface area contributed by atoms with Crippen molar-refractivity contribution < 1.29 is 8.42 Å². The number of nitrogens with one attached hydrogen (secondary N) is 1. The fourth-order valence-corrected chi connectivity index (χ4v) is 2.43. The van der Waals surface area contributed by atoms with Crippen molar-refractivity contribution in [3.63, 3.8) is 0 Å². The summed E-state index contributed by atoms with van der Waals surface area (Å²) in [6, 6.07) is 5.15. The third-order valence-electron chi connectivity index (χ3n) is 2.15. The fraction of sp³-hybridized carbons (Fsp3) is 0.222. The molecule has 2 rings (SSSR count). The number of hydrogen-bond donors (Lipinski definition) is 1. The van der Waals surface area contributed by atoms with Gasteiger partial charge in [-0.1, -0.05) is 19.1 Å². The van der Waals surface area contributed by atoms with Crippen LogP contribution in [0.2, 0.25) is 0 Å². The van der Waals surface area contributed by atoms with Crippen LogP contribution in [0.25, 0.3) is 10.9 Å². The standard InChI is InChI=1S/C9H10N2O2S/c1-2-14(12,13)8-5-3-4-7-6-10-11-9(7)8/h3-6H,2H2,1H3,(H,10,11). The predicted octanol–water partition coefficient (Wildman–Crippen LogP) is 1.36. The Balaban J connectivity index is 2.81. The second kappa shape index (κ2) is 3.09. The van der Waals surface area contributed by atoms with Crippen molar-refractivity contribution in [1.82, 2.24) is 10.2 Å². The lowest BCUT2D eigenvalue weighted by atomic mass is 10.3. The largest absolute Gasteiger partial charge is 0.276 e. The number of para-hydroxylation sites is 1. The molecule has 74 valence electrons. The molecule has 1 aromatic heterocycles. The van der Waals surface area contributed by atoms with Crippen molar-refractivity contribution in [2.75, 3.05) is 5.75 Å². The van der Waals surface area contributed by atoms with E-state index in [1.165, 1.54) is 0 Å². The second-order valence-corrected chi connectivity index (χ2v) is 5.24. The molecule has 0 saturated carbocycles. The summed E-state index contributed by atoms with van der Waals surface area (Å²) in [6.07, 6.45) is 1.62. The van der Waals surface area contributed by atoms with Gasteiger partial charge in [0.25, 0.3) is 0 Å². The molecule has 0 fully saturated rings. The number of H-pyrrole nitrogens is 1. The summed E-state index contributed by atoms with van der Waals surface area (Å²) in [5.74, 6) is 0.102. The number of aromatic amines is 1. The van der Waals surface area contributed by atoms with Crippen LogP contribution in [0.15, 0.2) is 29.3 Å². The summed E-state index contributed by atoms with van der Waals surface area (Å²) in [5, 5.41) is 7.34. The third-order valence-corrected chi connectivity index (χ3v) is 3.92. The molecule has 0 saturated heterocycles. The zero-order valence-corrected chi connectivity index (χ0v) is 8.50. The Morgan fingerprint density at radius 2 is 2.21 bits per heavy atom. The maximum Gasteiger partial charge on any atom is 0.180 e. The van der Waals surface area contributed by atoms with Crippen molar-refractivity contribution in [2.24, 2.45) is 0 Å². The Morgan fingerprint density at radius 1 is 1.43 bits per heavy atom. The van der Waals surface area contributed by atoms with Gasteiger partial charge >= 0.3 is 0 Å². The van der Waals surface area contributed by atoms with Crippen LogP contribution < -0.4 is 0 Å². The van der Waals surface area contributed by atoms with E-state index in [-0.39, 0.29) is 5.75 Å². The number of fused-ring (bicyclic) bond motifs is 1. The van der Waals surface area contributed by atoms with Crippen molar-refractivity contribution in [1.29, 1.82) is 0 Å². The van der Waals surface area contributed by atoms with E-state index in [1.54, 1.807) is 25.3 Å². The van der Waals surface area contributed by atoms with Crippen LogP contribution in [0.5, 0.6) is 0 Å². The second-order valence-electron chi connectivity index (χ2n) is 2.99. The summed E-state index contributed by atoms with van der Waals surface area (Å²) >= 11 is 0. The van der Waals surface area contributed by atoms with Crippen LogP contribution in [-0.4, -0.2) is 24.4 Å². The van der Waals surface area contributed by atoms with Gasteiger partial charge in [0.15, 0.2) is 9.84 Å². The first-order valence-electron chi connectivity index (χ1n) is 4.30. The van der Waals surface area contributed by atoms with Gasteiger partial charge in [0.05, 0.1) is 22.4 Å². The molecule has 0 bridgehead atoms. The highest BCUT2D eigenvalue weighted by Gasteiger charge is 2.15. The van der Waals surface area contributed by atoms with Crippen molar-refractivity contribution in [3.8, 4) is 0 Å². The van der Waals surface area contributed by atoms with Gasteiger partial charge in [-0.3, -0.25) is 5.10 Å². The summed E-state index contributed by atoms with van der Waals surface area (Å²) in [5.41, 5.74) is 0.592. The van der Waals surface area contributed by atoms with E-state index in [2.05, 4.69) is 10.2 Å². The molecule has 1 heterocycles. The number of aromatic nitrogens is 2. The van der Waals surface area contributed by atoms with Gasteiger partial charge in [0.1, 0.15) is 0 Å². The first-order chi connectivity index (χ1) is 6.65. The molecule has 0 atom stereocenters. The number of sulfone groups is 1. The Hall–Kier alpha value is -1.36. The molecule has 2 aromatic rings. The van der Waals surface area contributed by atoms with E-state index in [0.717, 1.165) is 5.39 Å². The lowest BCUT2D eigenvalue weighted by molar-refractivity contribution is 0.598. The molecule has 1 aromatic carbocycles. The molecule has 0 unspecified atom stereocenters. The monoisotopic (exact) mass is 210 g/mol. The molecule has 0 aliphatic rings. The minimum atomic E-state index is -3.17. The van der Waals surface area contributed by atoms with Crippen LogP contribution >= 0.6 is 0 Å². The van der Waals surface area contributed by atoms with Gasteiger partial charge in [0, 0.05) is 5.39 Å². The smallest absolute Gasteiger partial charge is 0.180 e. The molecule has 0 radical (unpaired) electrons. The highest BCUT2D eigenvalue weighted by Crippen LogP contribution is 2.21. The van der Waals surface area contributed by atoms with Crippen molar-refractivity contribution in [3.05, 3.63) is 24.4 Å². The maximum atomic E-state index is 11.7.